The monoisotopic (exact) mass is 471 g/mol. The van der Waals surface area contributed by atoms with E-state index in [-0.39, 0.29) is 12.6 Å². The molecular weight excluding hydrogens is 446 g/mol. The molecule has 178 valence electrons. The molecule has 2 aliphatic rings. The van der Waals surface area contributed by atoms with Gasteiger partial charge in [0, 0.05) is 36.4 Å². The number of carbonyl (C=O) groups is 3. The summed E-state index contributed by atoms with van der Waals surface area (Å²) < 4.78 is 10.9. The van der Waals surface area contributed by atoms with Crippen LogP contribution >= 0.6 is 0 Å². The Morgan fingerprint density at radius 3 is 2.23 bits per heavy atom. The number of rotatable bonds is 4. The first-order valence-electron chi connectivity index (χ1n) is 11.4. The standard InChI is InChI=1S/C27H25N3O5/c1-34-24(31)19-9-8-14-22(17-19)28-25(32)29-15-16-30-23(18-29)27(35-26(30)33,20-10-4-2-5-11-20)21-12-6-3-7-13-21/h2-14,17,23H,15-16,18H2,1H3,(H,28,32). The minimum absolute atomic E-state index is 0.276. The summed E-state index contributed by atoms with van der Waals surface area (Å²) in [7, 11) is 1.31. The highest BCUT2D eigenvalue weighted by atomic mass is 16.6. The van der Waals surface area contributed by atoms with E-state index in [2.05, 4.69) is 5.32 Å². The number of anilines is 1. The van der Waals surface area contributed by atoms with E-state index in [1.807, 2.05) is 60.7 Å². The summed E-state index contributed by atoms with van der Waals surface area (Å²) in [4.78, 5) is 41.5. The van der Waals surface area contributed by atoms with Crippen LogP contribution in [0.3, 0.4) is 0 Å². The van der Waals surface area contributed by atoms with Gasteiger partial charge >= 0.3 is 18.1 Å². The van der Waals surface area contributed by atoms with Crippen LogP contribution in [0, 0.1) is 0 Å². The Balaban J connectivity index is 1.45. The predicted octanol–water partition coefficient (Wildman–Crippen LogP) is 4.09. The zero-order chi connectivity index (χ0) is 24.4. The second-order valence-corrected chi connectivity index (χ2v) is 8.49. The molecule has 1 atom stereocenters. The first kappa shape index (κ1) is 22.5. The average Bonchev–Trinajstić information content (AvgIpc) is 3.22. The van der Waals surface area contributed by atoms with E-state index in [0.29, 0.717) is 24.3 Å². The smallest absolute Gasteiger partial charge is 0.411 e. The fourth-order valence-electron chi connectivity index (χ4n) is 4.88. The molecule has 1 unspecified atom stereocenters. The molecule has 3 aromatic rings. The molecule has 2 aliphatic heterocycles. The number of nitrogens with one attached hydrogen (secondary N) is 1. The normalized spacial score (nSPS) is 18.4. The molecule has 1 N–H and O–H groups in total. The van der Waals surface area contributed by atoms with Crippen molar-refractivity contribution < 1.29 is 23.9 Å². The third-order valence-corrected chi connectivity index (χ3v) is 6.56. The summed E-state index contributed by atoms with van der Waals surface area (Å²) in [5.41, 5.74) is 1.47. The van der Waals surface area contributed by atoms with Gasteiger partial charge in [-0.25, -0.2) is 14.4 Å². The highest BCUT2D eigenvalue weighted by Crippen LogP contribution is 2.45. The van der Waals surface area contributed by atoms with Crippen LogP contribution in [-0.2, 0) is 15.1 Å². The van der Waals surface area contributed by atoms with Gasteiger partial charge in [-0.05, 0) is 18.2 Å². The van der Waals surface area contributed by atoms with E-state index >= 15 is 0 Å². The third kappa shape index (κ3) is 3.97. The van der Waals surface area contributed by atoms with Crippen molar-refractivity contribution in [2.75, 3.05) is 32.1 Å². The molecule has 3 aromatic carbocycles. The van der Waals surface area contributed by atoms with Crippen molar-refractivity contribution in [1.82, 2.24) is 9.80 Å². The lowest BCUT2D eigenvalue weighted by Gasteiger charge is -2.42. The van der Waals surface area contributed by atoms with Gasteiger partial charge in [0.15, 0.2) is 5.60 Å². The lowest BCUT2D eigenvalue weighted by Crippen LogP contribution is -2.59. The fourth-order valence-corrected chi connectivity index (χ4v) is 4.88. The van der Waals surface area contributed by atoms with Crippen molar-refractivity contribution >= 4 is 23.8 Å². The number of cyclic esters (lactones) is 1. The molecule has 0 radical (unpaired) electrons. The molecule has 2 heterocycles. The van der Waals surface area contributed by atoms with Crippen molar-refractivity contribution in [3.63, 3.8) is 0 Å². The van der Waals surface area contributed by atoms with E-state index in [4.69, 9.17) is 9.47 Å². The number of hydrogen-bond acceptors (Lipinski definition) is 5. The van der Waals surface area contributed by atoms with Crippen molar-refractivity contribution in [1.29, 1.82) is 0 Å². The molecule has 8 heteroatoms. The number of fused-ring (bicyclic) bond motifs is 1. The number of esters is 1. The van der Waals surface area contributed by atoms with Crippen molar-refractivity contribution in [2.45, 2.75) is 11.6 Å². The number of nitrogens with zero attached hydrogens (tertiary/aromatic N) is 2. The Labute approximate surface area is 203 Å². The lowest BCUT2D eigenvalue weighted by atomic mass is 9.79. The van der Waals surface area contributed by atoms with Gasteiger partial charge in [0.25, 0.3) is 0 Å². The number of carbonyl (C=O) groups excluding carboxylic acids is 3. The van der Waals surface area contributed by atoms with E-state index in [9.17, 15) is 14.4 Å². The van der Waals surface area contributed by atoms with Gasteiger partial charge in [-0.15, -0.1) is 0 Å². The lowest BCUT2D eigenvalue weighted by molar-refractivity contribution is 0.0524. The molecule has 0 spiro atoms. The topological polar surface area (TPSA) is 88.2 Å². The van der Waals surface area contributed by atoms with Crippen LogP contribution < -0.4 is 5.32 Å². The molecule has 5 rings (SSSR count). The van der Waals surface area contributed by atoms with Gasteiger partial charge in [-0.1, -0.05) is 66.7 Å². The Bertz CT molecular complexity index is 1210. The second-order valence-electron chi connectivity index (χ2n) is 8.49. The van der Waals surface area contributed by atoms with Crippen LogP contribution in [0.4, 0.5) is 15.3 Å². The maximum Gasteiger partial charge on any atom is 0.411 e. The van der Waals surface area contributed by atoms with E-state index in [0.717, 1.165) is 11.1 Å². The van der Waals surface area contributed by atoms with Gasteiger partial charge in [-0.3, -0.25) is 4.90 Å². The van der Waals surface area contributed by atoms with Gasteiger partial charge in [-0.2, -0.15) is 0 Å². The molecule has 35 heavy (non-hydrogen) atoms. The number of hydrogen-bond donors (Lipinski definition) is 1. The minimum atomic E-state index is -1.05. The Morgan fingerprint density at radius 2 is 1.60 bits per heavy atom. The zero-order valence-electron chi connectivity index (χ0n) is 19.2. The quantitative estimate of drug-likeness (QED) is 0.579. The molecule has 3 amide bonds. The molecule has 0 aromatic heterocycles. The van der Waals surface area contributed by atoms with Gasteiger partial charge in [0.1, 0.15) is 6.04 Å². The van der Waals surface area contributed by atoms with E-state index in [1.54, 1.807) is 34.1 Å². The first-order valence-corrected chi connectivity index (χ1v) is 11.4. The van der Waals surface area contributed by atoms with Crippen LogP contribution in [0.25, 0.3) is 0 Å². The van der Waals surface area contributed by atoms with Crippen molar-refractivity contribution in [2.24, 2.45) is 0 Å². The molecule has 2 saturated heterocycles. The maximum atomic E-state index is 13.2. The third-order valence-electron chi connectivity index (χ3n) is 6.56. The number of amides is 3. The highest BCUT2D eigenvalue weighted by Gasteiger charge is 2.58. The van der Waals surface area contributed by atoms with Gasteiger partial charge in [0.05, 0.1) is 12.7 Å². The molecule has 0 bridgehead atoms. The summed E-state index contributed by atoms with van der Waals surface area (Å²) in [6.45, 7) is 0.979. The van der Waals surface area contributed by atoms with Crippen molar-refractivity contribution in [3.05, 3.63) is 102 Å². The number of ether oxygens (including phenoxy) is 2. The summed E-state index contributed by atoms with van der Waals surface area (Å²) in [5.74, 6) is -0.480. The average molecular weight is 472 g/mol. The SMILES string of the molecule is COC(=O)c1cccc(NC(=O)N2CCN3C(=O)OC(c4ccccc4)(c4ccccc4)C3C2)c1. The number of urea groups is 1. The van der Waals surface area contributed by atoms with Gasteiger partial charge < -0.3 is 19.7 Å². The zero-order valence-corrected chi connectivity index (χ0v) is 19.2. The minimum Gasteiger partial charge on any atom is -0.465 e. The summed E-state index contributed by atoms with van der Waals surface area (Å²) in [6.07, 6.45) is -0.395. The highest BCUT2D eigenvalue weighted by molar-refractivity contribution is 5.94. The van der Waals surface area contributed by atoms with Crippen LogP contribution in [0.5, 0.6) is 0 Å². The Morgan fingerprint density at radius 1 is 0.943 bits per heavy atom. The maximum absolute atomic E-state index is 13.2. The predicted molar refractivity (Wildman–Crippen MR) is 129 cm³/mol. The number of methoxy groups -OCH3 is 1. The van der Waals surface area contributed by atoms with Gasteiger partial charge in [0.2, 0.25) is 0 Å². The van der Waals surface area contributed by atoms with Crippen molar-refractivity contribution in [3.8, 4) is 0 Å². The Hall–Kier alpha value is -4.33. The molecular formula is C27H25N3O5. The largest absolute Gasteiger partial charge is 0.465 e. The summed E-state index contributed by atoms with van der Waals surface area (Å²) >= 11 is 0. The van der Waals surface area contributed by atoms with Crippen LogP contribution in [0.2, 0.25) is 0 Å². The van der Waals surface area contributed by atoms with Crippen LogP contribution in [-0.4, -0.2) is 60.7 Å². The fraction of sp³-hybridized carbons (Fsp3) is 0.222. The first-order chi connectivity index (χ1) is 17.0. The summed E-state index contributed by atoms with van der Waals surface area (Å²) in [5, 5.41) is 2.86. The van der Waals surface area contributed by atoms with Crippen LogP contribution in [0.1, 0.15) is 21.5 Å². The van der Waals surface area contributed by atoms with Crippen LogP contribution in [0.15, 0.2) is 84.9 Å². The number of benzene rings is 3. The van der Waals surface area contributed by atoms with E-state index in [1.165, 1.54) is 7.11 Å². The molecule has 0 aliphatic carbocycles. The summed E-state index contributed by atoms with van der Waals surface area (Å²) in [6, 6.07) is 25.1. The second kappa shape index (κ2) is 9.13. The van der Waals surface area contributed by atoms with E-state index < -0.39 is 23.7 Å². The molecule has 2 fully saturated rings. The number of piperazine rings is 1. The molecule has 8 nitrogen and oxygen atoms in total. The molecule has 0 saturated carbocycles. The Kier molecular flexibility index (Phi) is 5.86.